The van der Waals surface area contributed by atoms with Crippen molar-refractivity contribution >= 4 is 33.1 Å². The average molecular weight is 426 g/mol. The smallest absolute Gasteiger partial charge is 0.258 e. The van der Waals surface area contributed by atoms with Gasteiger partial charge >= 0.3 is 0 Å². The van der Waals surface area contributed by atoms with Gasteiger partial charge in [0.25, 0.3) is 5.91 Å². The number of carbonyl (C=O) groups excluding carboxylic acids is 1. The number of thiazole rings is 1. The molecule has 31 heavy (non-hydrogen) atoms. The molecule has 2 aliphatic rings. The molecule has 1 aliphatic carbocycles. The van der Waals surface area contributed by atoms with Crippen molar-refractivity contribution in [2.45, 2.75) is 32.4 Å². The topological polar surface area (TPSA) is 45.2 Å². The van der Waals surface area contributed by atoms with E-state index in [-0.39, 0.29) is 5.91 Å². The predicted octanol–water partition coefficient (Wildman–Crippen LogP) is 5.21. The molecule has 0 bridgehead atoms. The van der Waals surface area contributed by atoms with Gasteiger partial charge in [0.1, 0.15) is 0 Å². The summed E-state index contributed by atoms with van der Waals surface area (Å²) < 4.78 is 0. The SMILES string of the molecule is O=C(Nc1nc2c(s1)CN(Cc1ccccc1)CC2)c1ccc2c3c(cccc13)CC2. The van der Waals surface area contributed by atoms with Crippen molar-refractivity contribution in [2.75, 3.05) is 11.9 Å². The van der Waals surface area contributed by atoms with Crippen molar-refractivity contribution in [1.82, 2.24) is 9.88 Å². The highest BCUT2D eigenvalue weighted by molar-refractivity contribution is 7.15. The second-order valence-electron chi connectivity index (χ2n) is 8.40. The van der Waals surface area contributed by atoms with Crippen LogP contribution in [0.1, 0.15) is 37.6 Å². The number of aromatic nitrogens is 1. The molecule has 4 nitrogen and oxygen atoms in total. The van der Waals surface area contributed by atoms with E-state index in [0.717, 1.165) is 55.5 Å². The molecule has 1 aliphatic heterocycles. The molecule has 2 heterocycles. The Hall–Kier alpha value is -3.02. The van der Waals surface area contributed by atoms with Crippen LogP contribution in [0, 0.1) is 0 Å². The Morgan fingerprint density at radius 2 is 1.81 bits per heavy atom. The highest BCUT2D eigenvalue weighted by atomic mass is 32.1. The van der Waals surface area contributed by atoms with E-state index in [1.54, 1.807) is 11.3 Å². The number of nitrogens with zero attached hydrogens (tertiary/aromatic N) is 2. The van der Waals surface area contributed by atoms with Crippen molar-refractivity contribution in [3.63, 3.8) is 0 Å². The molecule has 4 aromatic rings. The van der Waals surface area contributed by atoms with Crippen LogP contribution in [0.3, 0.4) is 0 Å². The molecule has 0 radical (unpaired) electrons. The Bertz CT molecular complexity index is 1280. The number of aryl methyl sites for hydroxylation is 2. The third kappa shape index (κ3) is 3.44. The van der Waals surface area contributed by atoms with Gasteiger partial charge in [-0.15, -0.1) is 11.3 Å². The fraction of sp³-hybridized carbons (Fsp3) is 0.231. The maximum absolute atomic E-state index is 13.1. The van der Waals surface area contributed by atoms with Crippen LogP contribution in [-0.4, -0.2) is 22.3 Å². The lowest BCUT2D eigenvalue weighted by Gasteiger charge is -2.25. The zero-order valence-electron chi connectivity index (χ0n) is 17.2. The first-order chi connectivity index (χ1) is 15.2. The molecular formula is C26H23N3OS. The number of anilines is 1. The highest BCUT2D eigenvalue weighted by Gasteiger charge is 2.23. The van der Waals surface area contributed by atoms with E-state index in [4.69, 9.17) is 4.98 Å². The van der Waals surface area contributed by atoms with Gasteiger partial charge in [0.15, 0.2) is 5.13 Å². The van der Waals surface area contributed by atoms with Gasteiger partial charge in [0, 0.05) is 36.5 Å². The first-order valence-corrected chi connectivity index (χ1v) is 11.7. The summed E-state index contributed by atoms with van der Waals surface area (Å²) in [6.45, 7) is 2.83. The molecule has 0 saturated carbocycles. The predicted molar refractivity (Wildman–Crippen MR) is 126 cm³/mol. The summed E-state index contributed by atoms with van der Waals surface area (Å²) >= 11 is 1.61. The fourth-order valence-corrected chi connectivity index (χ4v) is 5.93. The van der Waals surface area contributed by atoms with E-state index >= 15 is 0 Å². The third-order valence-corrected chi connectivity index (χ3v) is 7.40. The molecule has 0 atom stereocenters. The Balaban J connectivity index is 1.21. The van der Waals surface area contributed by atoms with Crippen molar-refractivity contribution in [1.29, 1.82) is 0 Å². The van der Waals surface area contributed by atoms with Crippen LogP contribution in [0.25, 0.3) is 10.8 Å². The zero-order valence-corrected chi connectivity index (χ0v) is 18.0. The molecule has 0 fully saturated rings. The zero-order chi connectivity index (χ0) is 20.8. The second kappa shape index (κ2) is 7.59. The van der Waals surface area contributed by atoms with Crippen molar-refractivity contribution < 1.29 is 4.79 Å². The number of nitrogens with one attached hydrogen (secondary N) is 1. The van der Waals surface area contributed by atoms with E-state index in [1.807, 2.05) is 6.07 Å². The van der Waals surface area contributed by atoms with E-state index in [1.165, 1.54) is 27.0 Å². The number of amides is 1. The minimum absolute atomic E-state index is 0.0668. The lowest BCUT2D eigenvalue weighted by Crippen LogP contribution is -2.29. The summed E-state index contributed by atoms with van der Waals surface area (Å²) in [6, 6.07) is 21.0. The average Bonchev–Trinajstić information content (AvgIpc) is 3.39. The molecule has 154 valence electrons. The molecule has 1 amide bonds. The van der Waals surface area contributed by atoms with Crippen LogP contribution in [0.2, 0.25) is 0 Å². The Morgan fingerprint density at radius 1 is 0.968 bits per heavy atom. The van der Waals surface area contributed by atoms with Crippen LogP contribution in [0.5, 0.6) is 0 Å². The molecule has 0 unspecified atom stereocenters. The second-order valence-corrected chi connectivity index (χ2v) is 9.48. The highest BCUT2D eigenvalue weighted by Crippen LogP contribution is 2.34. The maximum atomic E-state index is 13.1. The number of hydrogen-bond acceptors (Lipinski definition) is 4. The standard InChI is InChI=1S/C26H23N3OS/c30-25(21-12-11-19-10-9-18-7-4-8-20(21)24(18)19)28-26-27-22-13-14-29(16-23(22)31-26)15-17-5-2-1-3-6-17/h1-8,11-12H,9-10,13-16H2,(H,27,28,30). The van der Waals surface area contributed by atoms with Gasteiger partial charge < -0.3 is 0 Å². The van der Waals surface area contributed by atoms with E-state index in [9.17, 15) is 4.79 Å². The summed E-state index contributed by atoms with van der Waals surface area (Å²) in [7, 11) is 0. The molecule has 6 rings (SSSR count). The quantitative estimate of drug-likeness (QED) is 0.488. The molecule has 3 aromatic carbocycles. The number of carbonyl (C=O) groups is 1. The van der Waals surface area contributed by atoms with Crippen LogP contribution in [-0.2, 0) is 32.4 Å². The summed E-state index contributed by atoms with van der Waals surface area (Å²) in [5, 5.41) is 6.11. The largest absolute Gasteiger partial charge is 0.298 e. The first kappa shape index (κ1) is 18.7. The minimum atomic E-state index is -0.0668. The Labute approximate surface area is 185 Å². The summed E-state index contributed by atoms with van der Waals surface area (Å²) in [5.41, 5.74) is 5.90. The van der Waals surface area contributed by atoms with Crippen molar-refractivity contribution in [3.8, 4) is 0 Å². The van der Waals surface area contributed by atoms with E-state index in [0.29, 0.717) is 5.13 Å². The third-order valence-electron chi connectivity index (χ3n) is 6.40. The van der Waals surface area contributed by atoms with Gasteiger partial charge in [0.05, 0.1) is 5.69 Å². The van der Waals surface area contributed by atoms with Crippen LogP contribution < -0.4 is 5.32 Å². The molecular weight excluding hydrogens is 402 g/mol. The van der Waals surface area contributed by atoms with E-state index < -0.39 is 0 Å². The first-order valence-electron chi connectivity index (χ1n) is 10.8. The van der Waals surface area contributed by atoms with Gasteiger partial charge in [0.2, 0.25) is 0 Å². The van der Waals surface area contributed by atoms with Gasteiger partial charge in [-0.1, -0.05) is 54.6 Å². The van der Waals surface area contributed by atoms with Crippen molar-refractivity contribution in [2.24, 2.45) is 0 Å². The van der Waals surface area contributed by atoms with Crippen molar-refractivity contribution in [3.05, 3.63) is 93.5 Å². The van der Waals surface area contributed by atoms with Gasteiger partial charge in [-0.3, -0.25) is 15.0 Å². The summed E-state index contributed by atoms with van der Waals surface area (Å²) in [4.78, 5) is 21.6. The van der Waals surface area contributed by atoms with E-state index in [2.05, 4.69) is 64.8 Å². The Morgan fingerprint density at radius 3 is 2.68 bits per heavy atom. The lowest BCUT2D eigenvalue weighted by atomic mass is 9.99. The van der Waals surface area contributed by atoms with Crippen LogP contribution >= 0.6 is 11.3 Å². The molecule has 5 heteroatoms. The number of hydrogen-bond donors (Lipinski definition) is 1. The normalized spacial score (nSPS) is 15.2. The van der Waals surface area contributed by atoms with Gasteiger partial charge in [-0.25, -0.2) is 4.98 Å². The number of benzene rings is 3. The molecule has 1 N–H and O–H groups in total. The fourth-order valence-electron chi connectivity index (χ4n) is 4.89. The van der Waals surface area contributed by atoms with Gasteiger partial charge in [-0.05, 0) is 46.4 Å². The van der Waals surface area contributed by atoms with Crippen LogP contribution in [0.4, 0.5) is 5.13 Å². The number of fused-ring (bicyclic) bond motifs is 1. The van der Waals surface area contributed by atoms with Gasteiger partial charge in [-0.2, -0.15) is 0 Å². The molecule has 0 saturated heterocycles. The van der Waals surface area contributed by atoms with Crippen LogP contribution in [0.15, 0.2) is 60.7 Å². The minimum Gasteiger partial charge on any atom is -0.298 e. The Kier molecular flexibility index (Phi) is 4.59. The number of rotatable bonds is 4. The summed E-state index contributed by atoms with van der Waals surface area (Å²) in [5.74, 6) is -0.0668. The monoisotopic (exact) mass is 425 g/mol. The molecule has 1 aromatic heterocycles. The lowest BCUT2D eigenvalue weighted by molar-refractivity contribution is 0.102. The molecule has 0 spiro atoms. The maximum Gasteiger partial charge on any atom is 0.258 e. The summed E-state index contributed by atoms with van der Waals surface area (Å²) in [6.07, 6.45) is 3.06.